The van der Waals surface area contributed by atoms with Gasteiger partial charge in [0.1, 0.15) is 12.2 Å². The maximum Gasteiger partial charge on any atom is 0.213 e. The third-order valence-corrected chi connectivity index (χ3v) is 6.68. The van der Waals surface area contributed by atoms with Crippen LogP contribution in [-0.2, 0) is 13.6 Å². The van der Waals surface area contributed by atoms with Gasteiger partial charge in [-0.3, -0.25) is 4.90 Å². The molecule has 0 aliphatic carbocycles. The van der Waals surface area contributed by atoms with Gasteiger partial charge in [0.05, 0.1) is 12.8 Å². The minimum Gasteiger partial charge on any atom is -0.481 e. The topological polar surface area (TPSA) is 59.3 Å². The van der Waals surface area contributed by atoms with Crippen LogP contribution in [0.4, 0.5) is 0 Å². The van der Waals surface area contributed by atoms with Crippen LogP contribution in [0.15, 0.2) is 24.5 Å². The van der Waals surface area contributed by atoms with Crippen molar-refractivity contribution in [3.63, 3.8) is 0 Å². The van der Waals surface area contributed by atoms with E-state index in [0.29, 0.717) is 17.8 Å². The second kappa shape index (κ2) is 7.79. The number of aromatic nitrogens is 4. The molecule has 4 rings (SSSR count). The van der Waals surface area contributed by atoms with Crippen molar-refractivity contribution in [3.05, 3.63) is 36.0 Å². The predicted molar refractivity (Wildman–Crippen MR) is 108 cm³/mol. The summed E-state index contributed by atoms with van der Waals surface area (Å²) in [4.78, 5) is 9.77. The third kappa shape index (κ3) is 3.65. The quantitative estimate of drug-likeness (QED) is 0.788. The van der Waals surface area contributed by atoms with Crippen LogP contribution in [0, 0.1) is 5.41 Å². The molecule has 1 unspecified atom stereocenters. The number of hydrogen-bond acceptors (Lipinski definition) is 6. The van der Waals surface area contributed by atoms with Crippen LogP contribution in [0.2, 0.25) is 0 Å². The van der Waals surface area contributed by atoms with Crippen LogP contribution in [0.5, 0.6) is 5.88 Å². The molecule has 2 fully saturated rings. The van der Waals surface area contributed by atoms with Crippen molar-refractivity contribution in [1.29, 1.82) is 0 Å². The number of rotatable bonds is 5. The average Bonchev–Trinajstić information content (AvgIpc) is 3.25. The van der Waals surface area contributed by atoms with Crippen LogP contribution in [0.1, 0.15) is 44.1 Å². The molecule has 2 aliphatic heterocycles. The molecule has 28 heavy (non-hydrogen) atoms. The number of nitrogens with zero attached hydrogens (tertiary/aromatic N) is 6. The summed E-state index contributed by atoms with van der Waals surface area (Å²) >= 11 is 0. The molecule has 0 aromatic carbocycles. The number of aryl methyl sites for hydroxylation is 1. The molecule has 0 radical (unpaired) electrons. The smallest absolute Gasteiger partial charge is 0.213 e. The van der Waals surface area contributed by atoms with E-state index < -0.39 is 0 Å². The molecule has 0 saturated carbocycles. The number of methoxy groups -OCH3 is 1. The molecule has 0 N–H and O–H groups in total. The lowest BCUT2D eigenvalue weighted by Gasteiger charge is -2.43. The van der Waals surface area contributed by atoms with Gasteiger partial charge in [-0.15, -0.1) is 10.2 Å². The maximum absolute atomic E-state index is 5.30. The normalized spacial score (nSPS) is 23.0. The van der Waals surface area contributed by atoms with E-state index in [2.05, 4.69) is 56.5 Å². The zero-order valence-corrected chi connectivity index (χ0v) is 17.5. The summed E-state index contributed by atoms with van der Waals surface area (Å²) in [5.74, 6) is 2.22. The van der Waals surface area contributed by atoms with Gasteiger partial charge in [-0.05, 0) is 51.3 Å². The van der Waals surface area contributed by atoms with Crippen molar-refractivity contribution < 1.29 is 4.74 Å². The number of pyridine rings is 1. The number of ether oxygens (including phenoxy) is 1. The van der Waals surface area contributed by atoms with E-state index >= 15 is 0 Å². The van der Waals surface area contributed by atoms with Crippen molar-refractivity contribution in [2.75, 3.05) is 33.3 Å². The zero-order chi connectivity index (χ0) is 19.7. The Morgan fingerprint density at radius 1 is 1.25 bits per heavy atom. The van der Waals surface area contributed by atoms with Gasteiger partial charge in [0.25, 0.3) is 0 Å². The fourth-order valence-corrected chi connectivity index (χ4v) is 5.04. The highest BCUT2D eigenvalue weighted by Gasteiger charge is 2.50. The van der Waals surface area contributed by atoms with Gasteiger partial charge in [-0.2, -0.15) is 0 Å². The number of likely N-dealkylation sites (tertiary alicyclic amines) is 2. The highest BCUT2D eigenvalue weighted by Crippen LogP contribution is 2.49. The summed E-state index contributed by atoms with van der Waals surface area (Å²) in [5, 5.41) is 8.68. The maximum atomic E-state index is 5.30. The average molecular weight is 385 g/mol. The Hall–Kier alpha value is -1.99. The van der Waals surface area contributed by atoms with E-state index in [4.69, 9.17) is 4.74 Å². The van der Waals surface area contributed by atoms with E-state index in [9.17, 15) is 0 Å². The van der Waals surface area contributed by atoms with Crippen molar-refractivity contribution in [2.24, 2.45) is 12.5 Å². The predicted octanol–water partition coefficient (Wildman–Crippen LogP) is 2.31. The molecule has 1 spiro atoms. The Labute approximate surface area is 167 Å². The summed E-state index contributed by atoms with van der Waals surface area (Å²) in [6.07, 6.45) is 4.26. The minimum atomic E-state index is 0.269. The van der Waals surface area contributed by atoms with Gasteiger partial charge < -0.3 is 14.2 Å². The highest BCUT2D eigenvalue weighted by atomic mass is 16.5. The molecular weight excluding hydrogens is 352 g/mol. The fraction of sp³-hybridized carbons (Fsp3) is 0.667. The summed E-state index contributed by atoms with van der Waals surface area (Å²) in [7, 11) is 3.74. The monoisotopic (exact) mass is 384 g/mol. The van der Waals surface area contributed by atoms with Crippen LogP contribution in [0.25, 0.3) is 0 Å². The van der Waals surface area contributed by atoms with Crippen LogP contribution in [-0.4, -0.2) is 68.9 Å². The van der Waals surface area contributed by atoms with Gasteiger partial charge in [0.2, 0.25) is 5.88 Å². The lowest BCUT2D eigenvalue weighted by molar-refractivity contribution is 0.0747. The Morgan fingerprint density at radius 2 is 2.04 bits per heavy atom. The molecule has 0 bridgehead atoms. The fourth-order valence-electron chi connectivity index (χ4n) is 5.04. The Morgan fingerprint density at radius 3 is 2.68 bits per heavy atom. The first-order chi connectivity index (χ1) is 13.5. The Kier molecular flexibility index (Phi) is 5.38. The van der Waals surface area contributed by atoms with E-state index in [1.54, 1.807) is 7.11 Å². The third-order valence-electron chi connectivity index (χ3n) is 6.68. The molecule has 7 heteroatoms. The molecule has 2 aromatic heterocycles. The zero-order valence-electron chi connectivity index (χ0n) is 17.5. The first-order valence-corrected chi connectivity index (χ1v) is 10.3. The van der Waals surface area contributed by atoms with Gasteiger partial charge in [0.15, 0.2) is 0 Å². The largest absolute Gasteiger partial charge is 0.481 e. The number of hydrogen-bond donors (Lipinski definition) is 0. The summed E-state index contributed by atoms with van der Waals surface area (Å²) < 4.78 is 7.41. The molecule has 4 heterocycles. The molecule has 1 atom stereocenters. The van der Waals surface area contributed by atoms with Gasteiger partial charge in [-0.1, -0.05) is 6.07 Å². The summed E-state index contributed by atoms with van der Waals surface area (Å²) in [6.45, 7) is 9.87. The second-order valence-corrected chi connectivity index (χ2v) is 8.69. The van der Waals surface area contributed by atoms with Gasteiger partial charge in [0, 0.05) is 44.7 Å². The van der Waals surface area contributed by atoms with Gasteiger partial charge in [-0.25, -0.2) is 4.98 Å². The van der Waals surface area contributed by atoms with Crippen molar-refractivity contribution in [1.82, 2.24) is 29.5 Å². The second-order valence-electron chi connectivity index (χ2n) is 8.69. The first kappa shape index (κ1) is 19.3. The number of piperidine rings is 1. The van der Waals surface area contributed by atoms with E-state index in [1.807, 2.05) is 18.5 Å². The van der Waals surface area contributed by atoms with E-state index in [0.717, 1.165) is 44.2 Å². The first-order valence-electron chi connectivity index (χ1n) is 10.3. The highest BCUT2D eigenvalue weighted by molar-refractivity contribution is 5.18. The lowest BCUT2D eigenvalue weighted by Crippen LogP contribution is -2.46. The molecule has 2 aromatic rings. The van der Waals surface area contributed by atoms with Gasteiger partial charge >= 0.3 is 0 Å². The SMILES string of the molecule is COc1cccc(CN2CC(c3nncn3C)C3(CCN(C(C)C)CC3)C2)n1. The molecule has 152 valence electrons. The standard InChI is InChI=1S/C21H32N6O/c1-16(2)27-10-8-21(9-11-27)14-26(12-17-6-5-7-19(23-17)28-4)13-18(21)20-24-22-15-25(20)3/h5-7,15-16,18H,8-14H2,1-4H3. The summed E-state index contributed by atoms with van der Waals surface area (Å²) in [5.41, 5.74) is 1.33. The van der Waals surface area contributed by atoms with E-state index in [-0.39, 0.29) is 5.41 Å². The van der Waals surface area contributed by atoms with Crippen molar-refractivity contribution in [2.45, 2.75) is 45.2 Å². The van der Waals surface area contributed by atoms with Crippen LogP contribution >= 0.6 is 0 Å². The molecular formula is C21H32N6O. The molecule has 2 saturated heterocycles. The summed E-state index contributed by atoms with van der Waals surface area (Å²) in [6, 6.07) is 6.63. The van der Waals surface area contributed by atoms with Crippen molar-refractivity contribution >= 4 is 0 Å². The molecule has 0 amide bonds. The van der Waals surface area contributed by atoms with E-state index in [1.165, 1.54) is 12.8 Å². The van der Waals surface area contributed by atoms with Crippen LogP contribution in [0.3, 0.4) is 0 Å². The molecule has 2 aliphatic rings. The Balaban J connectivity index is 1.56. The molecule has 7 nitrogen and oxygen atoms in total. The lowest BCUT2D eigenvalue weighted by atomic mass is 9.70. The van der Waals surface area contributed by atoms with Crippen molar-refractivity contribution in [3.8, 4) is 5.88 Å². The minimum absolute atomic E-state index is 0.269. The Bertz CT molecular complexity index is 796. The van der Waals surface area contributed by atoms with Crippen LogP contribution < -0.4 is 4.74 Å².